The maximum absolute atomic E-state index is 10.6. The Morgan fingerprint density at radius 2 is 2.14 bits per heavy atom. The number of benzene rings is 1. The number of aromatic hydroxyl groups is 1. The van der Waals surface area contributed by atoms with Crippen LogP contribution in [0.4, 0.5) is 11.5 Å². The van der Waals surface area contributed by atoms with E-state index >= 15 is 0 Å². The van der Waals surface area contributed by atoms with E-state index in [0.717, 1.165) is 6.20 Å². The molecule has 22 heavy (non-hydrogen) atoms. The number of nitro groups is 1. The van der Waals surface area contributed by atoms with Crippen molar-refractivity contribution in [2.45, 2.75) is 0 Å². The maximum atomic E-state index is 10.6. The number of rotatable bonds is 4. The highest BCUT2D eigenvalue weighted by Crippen LogP contribution is 2.30. The summed E-state index contributed by atoms with van der Waals surface area (Å²) in [5.41, 5.74) is 0.228. The van der Waals surface area contributed by atoms with Crippen molar-refractivity contribution in [2.24, 2.45) is 5.10 Å². The summed E-state index contributed by atoms with van der Waals surface area (Å²) in [7, 11) is 1.61. The smallest absolute Gasteiger partial charge is 0.287 e. The molecule has 0 saturated heterocycles. The Balaban J connectivity index is 2.21. The minimum Gasteiger partial charge on any atom is -0.506 e. The van der Waals surface area contributed by atoms with Crippen molar-refractivity contribution in [3.05, 3.63) is 56.2 Å². The van der Waals surface area contributed by atoms with Crippen molar-refractivity contribution in [3.8, 4) is 5.75 Å². The second kappa shape index (κ2) is 6.59. The number of phenolic OH excluding ortho intramolecular Hbond substituents is 1. The minimum atomic E-state index is -0.536. The Morgan fingerprint density at radius 3 is 2.73 bits per heavy atom. The summed E-state index contributed by atoms with van der Waals surface area (Å²) in [6, 6.07) is 5.70. The van der Waals surface area contributed by atoms with E-state index in [-0.39, 0.29) is 16.5 Å². The van der Waals surface area contributed by atoms with Crippen LogP contribution in [-0.4, -0.2) is 28.3 Å². The highest BCUT2D eigenvalue weighted by molar-refractivity contribution is 6.36. The fourth-order valence-corrected chi connectivity index (χ4v) is 2.08. The first kappa shape index (κ1) is 16.0. The molecule has 114 valence electrons. The van der Waals surface area contributed by atoms with E-state index in [4.69, 9.17) is 23.2 Å². The molecule has 0 radical (unpaired) electrons. The molecule has 2 rings (SSSR count). The number of nitrogens with zero attached hydrogens (tertiary/aromatic N) is 4. The second-order valence-electron chi connectivity index (χ2n) is 4.23. The molecule has 7 nitrogen and oxygen atoms in total. The molecule has 0 aliphatic heterocycles. The Kier molecular flexibility index (Phi) is 4.79. The molecular weight excluding hydrogens is 331 g/mol. The summed E-state index contributed by atoms with van der Waals surface area (Å²) >= 11 is 11.7. The number of phenols is 1. The zero-order valence-corrected chi connectivity index (χ0v) is 12.8. The average molecular weight is 341 g/mol. The topological polar surface area (TPSA) is 91.9 Å². The largest absolute Gasteiger partial charge is 0.506 e. The molecule has 0 spiro atoms. The predicted molar refractivity (Wildman–Crippen MR) is 85.0 cm³/mol. The summed E-state index contributed by atoms with van der Waals surface area (Å²) in [4.78, 5) is 14.0. The Bertz CT molecular complexity index is 735. The molecular formula is C13H10Cl2N4O3. The highest BCUT2D eigenvalue weighted by Gasteiger charge is 2.09. The number of hydrazone groups is 1. The molecule has 0 atom stereocenters. The molecule has 2 aromatic rings. The number of anilines is 1. The van der Waals surface area contributed by atoms with Crippen LogP contribution in [0.5, 0.6) is 5.75 Å². The predicted octanol–water partition coefficient (Wildman–Crippen LogP) is 3.47. The molecule has 0 aliphatic carbocycles. The van der Waals surface area contributed by atoms with Gasteiger partial charge < -0.3 is 5.11 Å². The fraction of sp³-hybridized carbons (Fsp3) is 0.0769. The van der Waals surface area contributed by atoms with Crippen molar-refractivity contribution in [3.63, 3.8) is 0 Å². The summed E-state index contributed by atoms with van der Waals surface area (Å²) in [6.07, 6.45) is 2.49. The molecule has 1 N–H and O–H groups in total. The standard InChI is InChI=1S/C13H10Cl2N4O3/c1-18(12-3-2-10(7-16-12)19(21)22)17-6-8-4-9(14)5-11(15)13(8)20/h2-7,20H,1H3. The Labute approximate surface area is 135 Å². The lowest BCUT2D eigenvalue weighted by Gasteiger charge is -2.11. The van der Waals surface area contributed by atoms with Crippen LogP contribution in [0.2, 0.25) is 10.0 Å². The zero-order valence-electron chi connectivity index (χ0n) is 11.3. The van der Waals surface area contributed by atoms with Crippen molar-refractivity contribution in [2.75, 3.05) is 12.1 Å². The number of aromatic nitrogens is 1. The number of hydrogen-bond acceptors (Lipinski definition) is 6. The molecule has 1 aromatic heterocycles. The number of pyridine rings is 1. The van der Waals surface area contributed by atoms with Crippen molar-refractivity contribution in [1.29, 1.82) is 0 Å². The van der Waals surface area contributed by atoms with Gasteiger partial charge in [0.2, 0.25) is 0 Å². The summed E-state index contributed by atoms with van der Waals surface area (Å²) in [6.45, 7) is 0. The first-order valence-electron chi connectivity index (χ1n) is 5.94. The van der Waals surface area contributed by atoms with E-state index in [1.54, 1.807) is 7.05 Å². The molecule has 1 aromatic carbocycles. The van der Waals surface area contributed by atoms with Gasteiger partial charge in [-0.1, -0.05) is 23.2 Å². The normalized spacial score (nSPS) is 10.9. The van der Waals surface area contributed by atoms with Gasteiger partial charge in [0.15, 0.2) is 0 Å². The second-order valence-corrected chi connectivity index (χ2v) is 5.07. The molecule has 0 aliphatic rings. The van der Waals surface area contributed by atoms with Crippen LogP contribution in [0.1, 0.15) is 5.56 Å². The molecule has 0 amide bonds. The van der Waals surface area contributed by atoms with Gasteiger partial charge in [-0.3, -0.25) is 15.1 Å². The van der Waals surface area contributed by atoms with Crippen LogP contribution < -0.4 is 5.01 Å². The van der Waals surface area contributed by atoms with Gasteiger partial charge in [0.25, 0.3) is 5.69 Å². The van der Waals surface area contributed by atoms with Gasteiger partial charge in [0.1, 0.15) is 17.8 Å². The van der Waals surface area contributed by atoms with Crippen LogP contribution >= 0.6 is 23.2 Å². The Morgan fingerprint density at radius 1 is 1.41 bits per heavy atom. The van der Waals surface area contributed by atoms with Gasteiger partial charge in [0, 0.05) is 23.7 Å². The van der Waals surface area contributed by atoms with Crippen LogP contribution in [0.15, 0.2) is 35.6 Å². The third-order valence-electron chi connectivity index (χ3n) is 2.70. The molecule has 0 saturated carbocycles. The lowest BCUT2D eigenvalue weighted by atomic mass is 10.2. The van der Waals surface area contributed by atoms with Crippen molar-refractivity contribution >= 4 is 40.9 Å². The molecule has 9 heteroatoms. The molecule has 0 unspecified atom stereocenters. The van der Waals surface area contributed by atoms with E-state index in [1.165, 1.54) is 35.5 Å². The minimum absolute atomic E-state index is 0.111. The SMILES string of the molecule is CN(N=Cc1cc(Cl)cc(Cl)c1O)c1ccc([N+](=O)[O-])cn1. The van der Waals surface area contributed by atoms with E-state index in [9.17, 15) is 15.2 Å². The molecule has 1 heterocycles. The van der Waals surface area contributed by atoms with Crippen molar-refractivity contribution < 1.29 is 10.0 Å². The Hall–Kier alpha value is -2.38. The summed E-state index contributed by atoms with van der Waals surface area (Å²) in [5.74, 6) is 0.259. The third kappa shape index (κ3) is 3.63. The lowest BCUT2D eigenvalue weighted by Crippen LogP contribution is -2.10. The van der Waals surface area contributed by atoms with Gasteiger partial charge in [-0.15, -0.1) is 0 Å². The van der Waals surface area contributed by atoms with E-state index in [1.807, 2.05) is 0 Å². The van der Waals surface area contributed by atoms with E-state index in [2.05, 4.69) is 10.1 Å². The third-order valence-corrected chi connectivity index (χ3v) is 3.21. The first-order chi connectivity index (χ1) is 10.4. The van der Waals surface area contributed by atoms with Crippen LogP contribution in [0.3, 0.4) is 0 Å². The average Bonchev–Trinajstić information content (AvgIpc) is 2.49. The lowest BCUT2D eigenvalue weighted by molar-refractivity contribution is -0.385. The van der Waals surface area contributed by atoms with Gasteiger partial charge in [0.05, 0.1) is 16.2 Å². The number of halogens is 2. The van der Waals surface area contributed by atoms with Crippen molar-refractivity contribution in [1.82, 2.24) is 4.98 Å². The molecule has 0 fully saturated rings. The van der Waals surface area contributed by atoms with Crippen LogP contribution in [-0.2, 0) is 0 Å². The zero-order chi connectivity index (χ0) is 16.3. The summed E-state index contributed by atoms with van der Waals surface area (Å²) < 4.78 is 0. The first-order valence-corrected chi connectivity index (χ1v) is 6.70. The van der Waals surface area contributed by atoms with Gasteiger partial charge in [-0.05, 0) is 18.2 Å². The van der Waals surface area contributed by atoms with Gasteiger partial charge in [-0.2, -0.15) is 5.10 Å². The monoisotopic (exact) mass is 340 g/mol. The number of hydrogen-bond donors (Lipinski definition) is 1. The van der Waals surface area contributed by atoms with Gasteiger partial charge >= 0.3 is 0 Å². The fourth-order valence-electron chi connectivity index (χ4n) is 1.57. The van der Waals surface area contributed by atoms with Gasteiger partial charge in [-0.25, -0.2) is 4.98 Å². The summed E-state index contributed by atoms with van der Waals surface area (Å²) in [5, 5.41) is 26.3. The van der Waals surface area contributed by atoms with Crippen LogP contribution in [0.25, 0.3) is 0 Å². The van der Waals surface area contributed by atoms with E-state index < -0.39 is 4.92 Å². The maximum Gasteiger partial charge on any atom is 0.287 e. The molecule has 0 bridgehead atoms. The van der Waals surface area contributed by atoms with E-state index in [0.29, 0.717) is 16.4 Å². The highest BCUT2D eigenvalue weighted by atomic mass is 35.5. The quantitative estimate of drug-likeness (QED) is 0.522. The van der Waals surface area contributed by atoms with Crippen LogP contribution in [0, 0.1) is 10.1 Å².